The number of aliphatic hydroxyl groups is 1. The van der Waals surface area contributed by atoms with Gasteiger partial charge in [-0.15, -0.1) is 5.10 Å². The monoisotopic (exact) mass is 443 g/mol. The van der Waals surface area contributed by atoms with Crippen molar-refractivity contribution in [2.75, 3.05) is 20.3 Å². The van der Waals surface area contributed by atoms with Gasteiger partial charge in [0, 0.05) is 25.6 Å². The average molecular weight is 443 g/mol. The van der Waals surface area contributed by atoms with E-state index in [2.05, 4.69) is 15.3 Å². The molecule has 0 bridgehead atoms. The number of nitrogens with one attached hydrogen (secondary N) is 1. The van der Waals surface area contributed by atoms with E-state index in [0.717, 1.165) is 0 Å². The molecule has 2 aromatic rings. The third-order valence-corrected chi connectivity index (χ3v) is 6.18. The third-order valence-electron chi connectivity index (χ3n) is 4.50. The summed E-state index contributed by atoms with van der Waals surface area (Å²) in [5, 5.41) is 18.9. The number of nitrogens with zero attached hydrogens (tertiary/aromatic N) is 4. The summed E-state index contributed by atoms with van der Waals surface area (Å²) in [5.41, 5.74) is -0.465. The van der Waals surface area contributed by atoms with Crippen molar-refractivity contribution in [1.29, 1.82) is 0 Å². The van der Waals surface area contributed by atoms with Crippen LogP contribution in [0.2, 0.25) is 0 Å². The standard InChI is InChI=1S/C17H26N5O7P/c1-4-27-30(28-5-2)10-11-8-21(20-19-11)9-12-14(24)15(26-3)16(29-12)22-7-6-13(23)18-17(22)25/h6-8,12,14-16,24H,4-5,9-10H2,1-3H3,(H,18,23,25). The van der Waals surface area contributed by atoms with Crippen LogP contribution in [0, 0.1) is 0 Å². The molecule has 1 aliphatic rings. The fraction of sp³-hybridized carbons (Fsp3) is 0.647. The van der Waals surface area contributed by atoms with Crippen LogP contribution >= 0.6 is 8.38 Å². The predicted molar refractivity (Wildman–Crippen MR) is 106 cm³/mol. The SMILES string of the molecule is CCOP(Cc1cn(CC2OC(n3ccc(=O)[nH]c3=O)C(OC)C2O)nn1)OCC. The molecule has 2 N–H and O–H groups in total. The summed E-state index contributed by atoms with van der Waals surface area (Å²) in [6.45, 7) is 5.10. The summed E-state index contributed by atoms with van der Waals surface area (Å²) < 4.78 is 25.1. The quantitative estimate of drug-likeness (QED) is 0.485. The first kappa shape index (κ1) is 22.7. The molecule has 12 nitrogen and oxygen atoms in total. The van der Waals surface area contributed by atoms with Crippen molar-refractivity contribution >= 4 is 8.38 Å². The lowest BCUT2D eigenvalue weighted by atomic mass is 10.1. The van der Waals surface area contributed by atoms with E-state index in [1.54, 1.807) is 10.9 Å². The number of ether oxygens (including phenoxy) is 2. The van der Waals surface area contributed by atoms with Crippen molar-refractivity contribution in [3.63, 3.8) is 0 Å². The van der Waals surface area contributed by atoms with E-state index in [0.29, 0.717) is 25.1 Å². The Kier molecular flexibility index (Phi) is 7.87. The highest BCUT2D eigenvalue weighted by atomic mass is 31.2. The number of aliphatic hydroxyl groups excluding tert-OH is 1. The fourth-order valence-corrected chi connectivity index (χ4v) is 4.45. The lowest BCUT2D eigenvalue weighted by molar-refractivity contribution is -0.0566. The summed E-state index contributed by atoms with van der Waals surface area (Å²) in [5.74, 6) is 0. The smallest absolute Gasteiger partial charge is 0.330 e. The van der Waals surface area contributed by atoms with Gasteiger partial charge in [0.1, 0.15) is 18.3 Å². The summed E-state index contributed by atoms with van der Waals surface area (Å²) in [4.78, 5) is 25.6. The normalized spacial score (nSPS) is 24.0. The number of aromatic amines is 1. The summed E-state index contributed by atoms with van der Waals surface area (Å²) in [6, 6.07) is 1.20. The largest absolute Gasteiger partial charge is 0.387 e. The maximum Gasteiger partial charge on any atom is 0.330 e. The lowest BCUT2D eigenvalue weighted by Gasteiger charge is -2.19. The van der Waals surface area contributed by atoms with Gasteiger partial charge < -0.3 is 23.6 Å². The Morgan fingerprint density at radius 3 is 2.67 bits per heavy atom. The third kappa shape index (κ3) is 5.20. The molecule has 0 radical (unpaired) electrons. The minimum absolute atomic E-state index is 0.198. The Bertz CT molecular complexity index is 925. The van der Waals surface area contributed by atoms with Crippen LogP contribution in [0.15, 0.2) is 28.0 Å². The molecule has 2 aromatic heterocycles. The first-order valence-corrected chi connectivity index (χ1v) is 10.9. The van der Waals surface area contributed by atoms with Gasteiger partial charge in [0.2, 0.25) is 0 Å². The topological polar surface area (TPSA) is 143 Å². The zero-order valence-corrected chi connectivity index (χ0v) is 17.9. The van der Waals surface area contributed by atoms with Crippen LogP contribution in [0.4, 0.5) is 0 Å². The zero-order valence-electron chi connectivity index (χ0n) is 17.0. The number of hydrogen-bond acceptors (Lipinski definition) is 9. The van der Waals surface area contributed by atoms with Gasteiger partial charge in [-0.2, -0.15) is 0 Å². The molecule has 0 spiro atoms. The van der Waals surface area contributed by atoms with Crippen LogP contribution in [0.5, 0.6) is 0 Å². The molecular formula is C17H26N5O7P. The van der Waals surface area contributed by atoms with Crippen LogP contribution in [0.25, 0.3) is 0 Å². The van der Waals surface area contributed by atoms with E-state index in [1.807, 2.05) is 13.8 Å². The molecular weight excluding hydrogens is 417 g/mol. The molecule has 1 saturated heterocycles. The van der Waals surface area contributed by atoms with E-state index in [1.165, 1.54) is 23.9 Å². The van der Waals surface area contributed by atoms with Gasteiger partial charge in [0.05, 0.1) is 31.6 Å². The van der Waals surface area contributed by atoms with Gasteiger partial charge in [-0.05, 0) is 13.8 Å². The first-order valence-electron chi connectivity index (χ1n) is 9.57. The molecule has 1 aliphatic heterocycles. The number of hydrogen-bond donors (Lipinski definition) is 2. The second-order valence-corrected chi connectivity index (χ2v) is 8.03. The minimum atomic E-state index is -1.09. The molecule has 0 amide bonds. The number of methoxy groups -OCH3 is 1. The second-order valence-electron chi connectivity index (χ2n) is 6.53. The predicted octanol–water partition coefficient (Wildman–Crippen LogP) is -0.0135. The van der Waals surface area contributed by atoms with E-state index in [-0.39, 0.29) is 6.54 Å². The average Bonchev–Trinajstić information content (AvgIpc) is 3.26. The molecule has 0 saturated carbocycles. The van der Waals surface area contributed by atoms with Gasteiger partial charge in [0.15, 0.2) is 14.6 Å². The van der Waals surface area contributed by atoms with Crippen molar-refractivity contribution < 1.29 is 23.6 Å². The molecule has 4 atom stereocenters. The van der Waals surface area contributed by atoms with E-state index in [4.69, 9.17) is 18.5 Å². The fourth-order valence-electron chi connectivity index (χ4n) is 3.21. The van der Waals surface area contributed by atoms with E-state index >= 15 is 0 Å². The van der Waals surface area contributed by atoms with Crippen molar-refractivity contribution in [2.24, 2.45) is 0 Å². The summed E-state index contributed by atoms with van der Waals surface area (Å²) in [7, 11) is 0.332. The van der Waals surface area contributed by atoms with Crippen LogP contribution in [-0.2, 0) is 31.2 Å². The highest BCUT2D eigenvalue weighted by Gasteiger charge is 2.45. The Hall–Kier alpha value is -1.95. The Morgan fingerprint density at radius 2 is 2.03 bits per heavy atom. The Labute approximate surface area is 173 Å². The zero-order chi connectivity index (χ0) is 21.7. The van der Waals surface area contributed by atoms with Gasteiger partial charge in [-0.25, -0.2) is 9.48 Å². The maximum absolute atomic E-state index is 12.1. The van der Waals surface area contributed by atoms with Gasteiger partial charge in [0.25, 0.3) is 5.56 Å². The van der Waals surface area contributed by atoms with Crippen molar-refractivity contribution in [2.45, 2.75) is 51.1 Å². The highest BCUT2D eigenvalue weighted by molar-refractivity contribution is 7.46. The Balaban J connectivity index is 1.70. The first-order chi connectivity index (χ1) is 14.5. The van der Waals surface area contributed by atoms with Crippen LogP contribution < -0.4 is 11.2 Å². The number of aromatic nitrogens is 5. The number of H-pyrrole nitrogens is 1. The maximum atomic E-state index is 12.1. The second kappa shape index (κ2) is 10.4. The minimum Gasteiger partial charge on any atom is -0.387 e. The lowest BCUT2D eigenvalue weighted by Crippen LogP contribution is -2.38. The van der Waals surface area contributed by atoms with Crippen LogP contribution in [-0.4, -0.2) is 68.3 Å². The van der Waals surface area contributed by atoms with Crippen molar-refractivity contribution in [3.8, 4) is 0 Å². The number of rotatable bonds is 10. The van der Waals surface area contributed by atoms with Gasteiger partial charge in [-0.3, -0.25) is 14.3 Å². The van der Waals surface area contributed by atoms with Gasteiger partial charge >= 0.3 is 5.69 Å². The molecule has 0 aromatic carbocycles. The summed E-state index contributed by atoms with van der Waals surface area (Å²) in [6.07, 6.45) is 0.136. The molecule has 13 heteroatoms. The van der Waals surface area contributed by atoms with Crippen molar-refractivity contribution in [1.82, 2.24) is 24.5 Å². The molecule has 3 heterocycles. The van der Waals surface area contributed by atoms with Crippen molar-refractivity contribution in [3.05, 3.63) is 45.0 Å². The van der Waals surface area contributed by atoms with Crippen LogP contribution in [0.3, 0.4) is 0 Å². The molecule has 0 aliphatic carbocycles. The van der Waals surface area contributed by atoms with Gasteiger partial charge in [-0.1, -0.05) is 5.21 Å². The highest BCUT2D eigenvalue weighted by Crippen LogP contribution is 2.41. The summed E-state index contributed by atoms with van der Waals surface area (Å²) >= 11 is 0. The molecule has 4 unspecified atom stereocenters. The Morgan fingerprint density at radius 1 is 1.30 bits per heavy atom. The molecule has 166 valence electrons. The van der Waals surface area contributed by atoms with E-state index < -0.39 is 44.2 Å². The molecule has 1 fully saturated rings. The molecule has 3 rings (SSSR count). The van der Waals surface area contributed by atoms with E-state index in [9.17, 15) is 14.7 Å². The van der Waals surface area contributed by atoms with Crippen LogP contribution in [0.1, 0.15) is 25.8 Å². The molecule has 30 heavy (non-hydrogen) atoms.